The molecule has 140 valence electrons. The van der Waals surface area contributed by atoms with Crippen molar-refractivity contribution in [2.75, 3.05) is 20.1 Å². The first-order valence-electron chi connectivity index (χ1n) is 8.52. The van der Waals surface area contributed by atoms with E-state index in [2.05, 4.69) is 5.32 Å². The van der Waals surface area contributed by atoms with E-state index in [0.29, 0.717) is 41.4 Å². The molecule has 2 aromatic carbocycles. The molecule has 0 radical (unpaired) electrons. The maximum Gasteiger partial charge on any atom is 0.253 e. The highest BCUT2D eigenvalue weighted by Crippen LogP contribution is 2.28. The van der Waals surface area contributed by atoms with Crippen molar-refractivity contribution in [1.82, 2.24) is 10.2 Å². The summed E-state index contributed by atoms with van der Waals surface area (Å²) >= 11 is 0. The van der Waals surface area contributed by atoms with E-state index in [9.17, 15) is 13.6 Å². The smallest absolute Gasteiger partial charge is 0.253 e. The molecule has 1 heterocycles. The number of hydrogen-bond donors (Lipinski definition) is 1. The fraction of sp³-hybridized carbons (Fsp3) is 0.350. The molecule has 3 rings (SSSR count). The number of amides is 1. The van der Waals surface area contributed by atoms with Crippen molar-refractivity contribution in [1.29, 1.82) is 0 Å². The van der Waals surface area contributed by atoms with E-state index in [0.717, 1.165) is 12.8 Å². The van der Waals surface area contributed by atoms with Crippen LogP contribution in [0.4, 0.5) is 8.78 Å². The topological polar surface area (TPSA) is 32.3 Å². The van der Waals surface area contributed by atoms with Gasteiger partial charge in [-0.3, -0.25) is 4.79 Å². The van der Waals surface area contributed by atoms with Crippen molar-refractivity contribution in [2.24, 2.45) is 0 Å². The number of rotatable bonds is 3. The van der Waals surface area contributed by atoms with Gasteiger partial charge in [0, 0.05) is 30.3 Å². The second kappa shape index (κ2) is 8.60. The molecule has 1 aliphatic rings. The van der Waals surface area contributed by atoms with Crippen molar-refractivity contribution in [3.8, 4) is 11.1 Å². The quantitative estimate of drug-likeness (QED) is 0.866. The molecule has 0 unspecified atom stereocenters. The Kier molecular flexibility index (Phi) is 6.73. The van der Waals surface area contributed by atoms with Crippen LogP contribution in [0.1, 0.15) is 28.8 Å². The van der Waals surface area contributed by atoms with Crippen LogP contribution in [0.25, 0.3) is 11.1 Å². The molecule has 2 aromatic rings. The minimum Gasteiger partial charge on any atom is -0.339 e. The average molecular weight is 381 g/mol. The van der Waals surface area contributed by atoms with Crippen LogP contribution in [-0.4, -0.2) is 37.0 Å². The molecule has 1 amide bonds. The summed E-state index contributed by atoms with van der Waals surface area (Å²) in [6, 6.07) is 9.21. The van der Waals surface area contributed by atoms with Gasteiger partial charge in [-0.05, 0) is 62.2 Å². The van der Waals surface area contributed by atoms with Crippen LogP contribution < -0.4 is 5.32 Å². The van der Waals surface area contributed by atoms with Crippen LogP contribution in [-0.2, 0) is 0 Å². The summed E-state index contributed by atoms with van der Waals surface area (Å²) in [6.07, 6.45) is 1.80. The molecule has 3 nitrogen and oxygen atoms in total. The van der Waals surface area contributed by atoms with E-state index in [1.54, 1.807) is 30.0 Å². The highest BCUT2D eigenvalue weighted by molar-refractivity contribution is 5.95. The summed E-state index contributed by atoms with van der Waals surface area (Å²) in [5.41, 5.74) is 2.02. The van der Waals surface area contributed by atoms with Crippen LogP contribution in [0.5, 0.6) is 0 Å². The summed E-state index contributed by atoms with van der Waals surface area (Å²) in [5.74, 6) is -0.958. The monoisotopic (exact) mass is 380 g/mol. The minimum atomic E-state index is -0.467. The van der Waals surface area contributed by atoms with Crippen molar-refractivity contribution < 1.29 is 13.6 Å². The molecule has 0 aromatic heterocycles. The predicted molar refractivity (Wildman–Crippen MR) is 102 cm³/mol. The van der Waals surface area contributed by atoms with Gasteiger partial charge >= 0.3 is 0 Å². The molecule has 0 spiro atoms. The standard InChI is InChI=1S/C20H22F2N2O.ClH/c1-13-11-15(21)4-6-17(13)18-5-3-14(12-19(18)22)20(25)24-9-7-16(23-2)8-10-24;/h3-6,11-12,16,23H,7-10H2,1-2H3;1H. The van der Waals surface area contributed by atoms with E-state index in [1.165, 1.54) is 18.2 Å². The fourth-order valence-corrected chi connectivity index (χ4v) is 3.35. The highest BCUT2D eigenvalue weighted by Gasteiger charge is 2.23. The van der Waals surface area contributed by atoms with Gasteiger partial charge in [0.1, 0.15) is 11.6 Å². The number of aryl methyl sites for hydroxylation is 1. The lowest BCUT2D eigenvalue weighted by Gasteiger charge is -2.31. The Hall–Kier alpha value is -1.98. The first-order valence-corrected chi connectivity index (χ1v) is 8.52. The van der Waals surface area contributed by atoms with E-state index in [-0.39, 0.29) is 24.1 Å². The molecule has 0 aliphatic carbocycles. The van der Waals surface area contributed by atoms with E-state index >= 15 is 0 Å². The van der Waals surface area contributed by atoms with Crippen LogP contribution in [0.2, 0.25) is 0 Å². The largest absolute Gasteiger partial charge is 0.339 e. The Morgan fingerprint density at radius 1 is 1.08 bits per heavy atom. The number of piperidine rings is 1. The lowest BCUT2D eigenvalue weighted by atomic mass is 9.98. The van der Waals surface area contributed by atoms with Crippen molar-refractivity contribution in [3.63, 3.8) is 0 Å². The summed E-state index contributed by atoms with van der Waals surface area (Å²) in [5, 5.41) is 3.22. The van der Waals surface area contributed by atoms with Gasteiger partial charge < -0.3 is 10.2 Å². The number of nitrogens with zero attached hydrogens (tertiary/aromatic N) is 1. The second-order valence-corrected chi connectivity index (χ2v) is 6.51. The average Bonchev–Trinajstić information content (AvgIpc) is 2.62. The predicted octanol–water partition coefficient (Wildman–Crippen LogP) is 4.19. The lowest BCUT2D eigenvalue weighted by molar-refractivity contribution is 0.0707. The third-order valence-corrected chi connectivity index (χ3v) is 4.89. The zero-order valence-corrected chi connectivity index (χ0v) is 15.7. The van der Waals surface area contributed by atoms with Gasteiger partial charge in [-0.2, -0.15) is 0 Å². The molecule has 26 heavy (non-hydrogen) atoms. The van der Waals surface area contributed by atoms with Gasteiger partial charge in [-0.15, -0.1) is 12.4 Å². The van der Waals surface area contributed by atoms with E-state index < -0.39 is 5.82 Å². The van der Waals surface area contributed by atoms with Crippen molar-refractivity contribution >= 4 is 18.3 Å². The maximum atomic E-state index is 14.6. The number of hydrogen-bond acceptors (Lipinski definition) is 2. The van der Waals surface area contributed by atoms with Gasteiger partial charge in [-0.25, -0.2) is 8.78 Å². The summed E-state index contributed by atoms with van der Waals surface area (Å²) < 4.78 is 27.8. The Balaban J connectivity index is 0.00000243. The number of nitrogens with one attached hydrogen (secondary N) is 1. The first kappa shape index (κ1) is 20.3. The third-order valence-electron chi connectivity index (χ3n) is 4.89. The third kappa shape index (κ3) is 4.22. The van der Waals surface area contributed by atoms with Crippen LogP contribution >= 0.6 is 12.4 Å². The molecule has 0 bridgehead atoms. The highest BCUT2D eigenvalue weighted by atomic mass is 35.5. The SMILES string of the molecule is CNC1CCN(C(=O)c2ccc(-c3ccc(F)cc3C)c(F)c2)CC1.Cl. The molecule has 0 saturated carbocycles. The minimum absolute atomic E-state index is 0. The molecular formula is C20H23ClF2N2O. The zero-order valence-electron chi connectivity index (χ0n) is 14.9. The number of likely N-dealkylation sites (tertiary alicyclic amines) is 1. The molecule has 0 atom stereocenters. The molecule has 1 saturated heterocycles. The second-order valence-electron chi connectivity index (χ2n) is 6.51. The van der Waals surface area contributed by atoms with Crippen LogP contribution in [0.15, 0.2) is 36.4 Å². The Labute approximate surface area is 158 Å². The number of carbonyl (C=O) groups is 1. The summed E-state index contributed by atoms with van der Waals surface area (Å²) in [7, 11) is 1.92. The van der Waals surface area contributed by atoms with Gasteiger partial charge in [0.25, 0.3) is 5.91 Å². The normalized spacial score (nSPS) is 14.8. The van der Waals surface area contributed by atoms with Gasteiger partial charge in [-0.1, -0.05) is 12.1 Å². The van der Waals surface area contributed by atoms with E-state index in [4.69, 9.17) is 0 Å². The number of carbonyl (C=O) groups excluding carboxylic acids is 1. The van der Waals surface area contributed by atoms with Crippen LogP contribution in [0.3, 0.4) is 0 Å². The van der Waals surface area contributed by atoms with Gasteiger partial charge in [0.2, 0.25) is 0 Å². The summed E-state index contributed by atoms with van der Waals surface area (Å²) in [6.45, 7) is 3.08. The molecule has 6 heteroatoms. The van der Waals surface area contributed by atoms with Gasteiger partial charge in [0.15, 0.2) is 0 Å². The zero-order chi connectivity index (χ0) is 18.0. The first-order chi connectivity index (χ1) is 12.0. The van der Waals surface area contributed by atoms with Crippen LogP contribution in [0, 0.1) is 18.6 Å². The lowest BCUT2D eigenvalue weighted by Crippen LogP contribution is -2.43. The molecule has 1 fully saturated rings. The van der Waals surface area contributed by atoms with E-state index in [1.807, 2.05) is 7.05 Å². The van der Waals surface area contributed by atoms with Crippen molar-refractivity contribution in [2.45, 2.75) is 25.8 Å². The summed E-state index contributed by atoms with van der Waals surface area (Å²) in [4.78, 5) is 14.4. The Bertz CT molecular complexity index is 789. The number of benzene rings is 2. The maximum absolute atomic E-state index is 14.6. The molecular weight excluding hydrogens is 358 g/mol. The molecule has 1 aliphatic heterocycles. The fourth-order valence-electron chi connectivity index (χ4n) is 3.35. The Morgan fingerprint density at radius 2 is 1.73 bits per heavy atom. The Morgan fingerprint density at radius 3 is 2.31 bits per heavy atom. The number of halogens is 3. The van der Waals surface area contributed by atoms with Crippen molar-refractivity contribution in [3.05, 3.63) is 59.2 Å². The molecule has 1 N–H and O–H groups in total. The van der Waals surface area contributed by atoms with Gasteiger partial charge in [0.05, 0.1) is 0 Å².